The number of sulfonamides is 1. The lowest BCUT2D eigenvalue weighted by Crippen LogP contribution is -2.52. The molecule has 0 radical (unpaired) electrons. The first-order chi connectivity index (χ1) is 13.7. The fraction of sp³-hybridized carbons (Fsp3) is 0.350. The van der Waals surface area contributed by atoms with Crippen LogP contribution >= 0.6 is 24.0 Å². The van der Waals surface area contributed by atoms with E-state index in [4.69, 9.17) is 11.6 Å². The molecule has 30 heavy (non-hydrogen) atoms. The number of aryl methyl sites for hydroxylation is 2. The molecule has 2 aromatic rings. The van der Waals surface area contributed by atoms with Gasteiger partial charge in [0, 0.05) is 31.9 Å². The van der Waals surface area contributed by atoms with Crippen molar-refractivity contribution in [3.8, 4) is 0 Å². The van der Waals surface area contributed by atoms with Crippen LogP contribution in [0.3, 0.4) is 0 Å². The first-order valence-corrected chi connectivity index (χ1v) is 11.2. The van der Waals surface area contributed by atoms with Gasteiger partial charge in [-0.3, -0.25) is 14.9 Å². The first kappa shape index (κ1) is 24.4. The molecule has 1 aliphatic rings. The molecule has 3 rings (SSSR count). The van der Waals surface area contributed by atoms with Crippen molar-refractivity contribution in [1.29, 1.82) is 0 Å². The lowest BCUT2D eigenvalue weighted by atomic mass is 10.1. The number of piperazine rings is 1. The molecule has 0 atom stereocenters. The standard InChI is InChI=1S/C20H25ClN4O3S.ClH/c1-14-4-5-16(12-15(14)2)23-29(27,28)17-6-7-19(21)18(13-17)20(26)22-25-10-8-24(3)9-11-25;/h4-7,12-13,23H,8-11H2,1-3H3,(H,22,26);1H. The number of amides is 1. The van der Waals surface area contributed by atoms with Gasteiger partial charge in [0.1, 0.15) is 0 Å². The van der Waals surface area contributed by atoms with Gasteiger partial charge in [0.15, 0.2) is 0 Å². The maximum atomic E-state index is 12.8. The zero-order valence-electron chi connectivity index (χ0n) is 17.1. The van der Waals surface area contributed by atoms with Crippen LogP contribution in [-0.4, -0.2) is 57.5 Å². The summed E-state index contributed by atoms with van der Waals surface area (Å²) in [5.41, 5.74) is 5.44. The highest BCUT2D eigenvalue weighted by atomic mass is 35.5. The van der Waals surface area contributed by atoms with E-state index in [2.05, 4.69) is 15.0 Å². The van der Waals surface area contributed by atoms with Gasteiger partial charge in [0.05, 0.1) is 15.5 Å². The Labute approximate surface area is 188 Å². The smallest absolute Gasteiger partial charge is 0.267 e. The lowest BCUT2D eigenvalue weighted by Gasteiger charge is -2.32. The SMILES string of the molecule is Cc1ccc(NS(=O)(=O)c2ccc(Cl)c(C(=O)NN3CCN(C)CC3)c2)cc1C.Cl. The predicted octanol–water partition coefficient (Wildman–Crippen LogP) is 3.07. The average Bonchev–Trinajstić information content (AvgIpc) is 2.66. The van der Waals surface area contributed by atoms with Crippen LogP contribution in [0.25, 0.3) is 0 Å². The molecule has 2 aromatic carbocycles. The Morgan fingerprint density at radius 3 is 2.30 bits per heavy atom. The summed E-state index contributed by atoms with van der Waals surface area (Å²) < 4.78 is 28.2. The number of carbonyl (C=O) groups is 1. The summed E-state index contributed by atoms with van der Waals surface area (Å²) >= 11 is 6.18. The molecule has 1 saturated heterocycles. The Balaban J connectivity index is 0.00000320. The van der Waals surface area contributed by atoms with Crippen LogP contribution in [0.15, 0.2) is 41.3 Å². The molecular weight excluding hydrogens is 447 g/mol. The molecular formula is C20H26Cl2N4O3S. The second-order valence-electron chi connectivity index (χ2n) is 7.28. The number of benzene rings is 2. The van der Waals surface area contributed by atoms with Crippen molar-refractivity contribution < 1.29 is 13.2 Å². The predicted molar refractivity (Wildman–Crippen MR) is 122 cm³/mol. The molecule has 0 spiro atoms. The minimum atomic E-state index is -3.87. The van der Waals surface area contributed by atoms with E-state index in [0.29, 0.717) is 18.8 Å². The van der Waals surface area contributed by atoms with Crippen molar-refractivity contribution in [3.63, 3.8) is 0 Å². The summed E-state index contributed by atoms with van der Waals surface area (Å²) in [6.07, 6.45) is 0. The molecule has 0 aromatic heterocycles. The number of hydrazine groups is 1. The van der Waals surface area contributed by atoms with Crippen LogP contribution in [0, 0.1) is 13.8 Å². The highest BCUT2D eigenvalue weighted by molar-refractivity contribution is 7.92. The van der Waals surface area contributed by atoms with Crippen LogP contribution in [0.2, 0.25) is 5.02 Å². The van der Waals surface area contributed by atoms with Gasteiger partial charge in [-0.15, -0.1) is 12.4 Å². The largest absolute Gasteiger partial charge is 0.304 e. The summed E-state index contributed by atoms with van der Waals surface area (Å²) in [5, 5.41) is 2.01. The zero-order chi connectivity index (χ0) is 21.2. The molecule has 1 fully saturated rings. The van der Waals surface area contributed by atoms with Crippen molar-refractivity contribution in [2.45, 2.75) is 18.7 Å². The number of nitrogens with zero attached hydrogens (tertiary/aromatic N) is 2. The van der Waals surface area contributed by atoms with Gasteiger partial charge < -0.3 is 4.90 Å². The van der Waals surface area contributed by atoms with Gasteiger partial charge in [-0.1, -0.05) is 17.7 Å². The minimum Gasteiger partial charge on any atom is -0.304 e. The number of halogens is 2. The summed E-state index contributed by atoms with van der Waals surface area (Å²) in [6.45, 7) is 6.91. The third kappa shape index (κ3) is 5.86. The highest BCUT2D eigenvalue weighted by Crippen LogP contribution is 2.23. The van der Waals surface area contributed by atoms with Crippen molar-refractivity contribution in [2.75, 3.05) is 37.9 Å². The van der Waals surface area contributed by atoms with E-state index < -0.39 is 15.9 Å². The van der Waals surface area contributed by atoms with E-state index in [1.807, 2.05) is 32.0 Å². The Bertz CT molecular complexity index is 1020. The van der Waals surface area contributed by atoms with E-state index in [-0.39, 0.29) is 27.9 Å². The van der Waals surface area contributed by atoms with Crippen LogP contribution in [0.1, 0.15) is 21.5 Å². The molecule has 0 bridgehead atoms. The van der Waals surface area contributed by atoms with Gasteiger partial charge in [-0.05, 0) is 62.4 Å². The number of carbonyl (C=O) groups excluding carboxylic acids is 1. The topological polar surface area (TPSA) is 81.7 Å². The maximum Gasteiger partial charge on any atom is 0.267 e. The van der Waals surface area contributed by atoms with Crippen molar-refractivity contribution in [2.24, 2.45) is 0 Å². The van der Waals surface area contributed by atoms with E-state index in [9.17, 15) is 13.2 Å². The quantitative estimate of drug-likeness (QED) is 0.698. The molecule has 2 N–H and O–H groups in total. The Kier molecular flexibility index (Phi) is 8.13. The molecule has 10 heteroatoms. The third-order valence-electron chi connectivity index (χ3n) is 5.01. The number of hydrogen-bond donors (Lipinski definition) is 2. The van der Waals surface area contributed by atoms with Gasteiger partial charge in [0.25, 0.3) is 15.9 Å². The highest BCUT2D eigenvalue weighted by Gasteiger charge is 2.21. The first-order valence-electron chi connectivity index (χ1n) is 9.30. The number of hydrogen-bond acceptors (Lipinski definition) is 5. The summed E-state index contributed by atoms with van der Waals surface area (Å²) in [7, 11) is -1.84. The second kappa shape index (κ2) is 9.98. The zero-order valence-corrected chi connectivity index (χ0v) is 19.5. The molecule has 0 saturated carbocycles. The number of likely N-dealkylation sites (N-methyl/N-ethyl adjacent to an activating group) is 1. The van der Waals surface area contributed by atoms with Crippen LogP contribution < -0.4 is 10.1 Å². The van der Waals surface area contributed by atoms with Crippen LogP contribution in [0.5, 0.6) is 0 Å². The molecule has 1 heterocycles. The number of nitrogens with one attached hydrogen (secondary N) is 2. The van der Waals surface area contributed by atoms with Crippen molar-refractivity contribution in [3.05, 3.63) is 58.1 Å². The lowest BCUT2D eigenvalue weighted by molar-refractivity contribution is 0.0662. The molecule has 0 aliphatic carbocycles. The fourth-order valence-electron chi connectivity index (χ4n) is 2.99. The average molecular weight is 473 g/mol. The summed E-state index contributed by atoms with van der Waals surface area (Å²) in [5.74, 6) is -0.428. The van der Waals surface area contributed by atoms with Gasteiger partial charge >= 0.3 is 0 Å². The van der Waals surface area contributed by atoms with Crippen LogP contribution in [0.4, 0.5) is 5.69 Å². The number of rotatable bonds is 5. The number of anilines is 1. The van der Waals surface area contributed by atoms with E-state index >= 15 is 0 Å². The maximum absolute atomic E-state index is 12.8. The van der Waals surface area contributed by atoms with Crippen LogP contribution in [-0.2, 0) is 10.0 Å². The van der Waals surface area contributed by atoms with Crippen molar-refractivity contribution in [1.82, 2.24) is 15.3 Å². The normalized spacial score (nSPS) is 15.3. The van der Waals surface area contributed by atoms with Gasteiger partial charge in [-0.25, -0.2) is 13.4 Å². The fourth-order valence-corrected chi connectivity index (χ4v) is 4.27. The summed E-state index contributed by atoms with van der Waals surface area (Å²) in [6, 6.07) is 9.44. The minimum absolute atomic E-state index is 0. The molecule has 0 unspecified atom stereocenters. The van der Waals surface area contributed by atoms with Gasteiger partial charge in [-0.2, -0.15) is 0 Å². The Morgan fingerprint density at radius 2 is 1.67 bits per heavy atom. The molecule has 7 nitrogen and oxygen atoms in total. The molecule has 164 valence electrons. The molecule has 1 amide bonds. The van der Waals surface area contributed by atoms with Gasteiger partial charge in [0.2, 0.25) is 0 Å². The monoisotopic (exact) mass is 472 g/mol. The second-order valence-corrected chi connectivity index (χ2v) is 9.37. The summed E-state index contributed by atoms with van der Waals surface area (Å²) in [4.78, 5) is 14.8. The molecule has 1 aliphatic heterocycles. The Hall–Kier alpha value is -1.84. The third-order valence-corrected chi connectivity index (χ3v) is 6.72. The van der Waals surface area contributed by atoms with E-state index in [1.165, 1.54) is 18.2 Å². The van der Waals surface area contributed by atoms with E-state index in [1.54, 1.807) is 12.1 Å². The van der Waals surface area contributed by atoms with Crippen molar-refractivity contribution >= 4 is 45.6 Å². The van der Waals surface area contributed by atoms with E-state index in [0.717, 1.165) is 24.2 Å². The Morgan fingerprint density at radius 1 is 1.00 bits per heavy atom.